The van der Waals surface area contributed by atoms with Gasteiger partial charge >= 0.3 is 0 Å². The van der Waals surface area contributed by atoms with Gasteiger partial charge in [0, 0.05) is 79.8 Å². The third-order valence-corrected chi connectivity index (χ3v) is 15.9. The van der Waals surface area contributed by atoms with Gasteiger partial charge in [-0.2, -0.15) is 0 Å². The third-order valence-electron chi connectivity index (χ3n) is 15.9. The molecule has 0 aromatic heterocycles. The van der Waals surface area contributed by atoms with Crippen LogP contribution in [0.25, 0.3) is 0 Å². The molecule has 0 spiro atoms. The average Bonchev–Trinajstić information content (AvgIpc) is 3.20. The molecule has 0 radical (unpaired) electrons. The van der Waals surface area contributed by atoms with Crippen LogP contribution < -0.4 is 0 Å². The highest BCUT2D eigenvalue weighted by Crippen LogP contribution is 2.31. The van der Waals surface area contributed by atoms with Crippen LogP contribution in [0.2, 0.25) is 0 Å². The molecule has 6 aliphatic heterocycles. The van der Waals surface area contributed by atoms with Crippen molar-refractivity contribution in [2.24, 2.45) is 17.3 Å². The molecule has 6 saturated heterocycles. The minimum Gasteiger partial charge on any atom is -0.301 e. The summed E-state index contributed by atoms with van der Waals surface area (Å²) < 4.78 is 0. The standard InChI is InChI=1S/2C10H19NO.2C10H21N.2C9H19N.CH4/c1-8(2)11-7-9(12)5-6-10(11,3)4;1-8(2)11-7-5-6-9(12)10(11,3)4;1-9(2)11-7-5-6-10(3,4)8-11;1-9(2)11-8-6-5-7-10(11,3)4;2*1-8(2)10-6-4-5-9(3)7-10;/h2*8H,5-7H2,1-4H3;2*9H,5-8H2,1-4H3;2*8-9H,4-7H2,1-3H3;1H4/t;;;;2*9-;/m....10./s1. The van der Waals surface area contributed by atoms with Crippen molar-refractivity contribution in [1.29, 1.82) is 0 Å². The highest BCUT2D eigenvalue weighted by atomic mass is 16.1. The summed E-state index contributed by atoms with van der Waals surface area (Å²) in [6.45, 7) is 60.5. The molecule has 0 N–H and O–H groups in total. The molecule has 0 aliphatic carbocycles. The van der Waals surface area contributed by atoms with Crippen molar-refractivity contribution in [3.05, 3.63) is 0 Å². The van der Waals surface area contributed by atoms with Gasteiger partial charge in [0.05, 0.1) is 12.1 Å². The monoisotopic (exact) mass is 947 g/mol. The SMILES string of the molecule is C.CC(C)N1CC(=O)CCC1(C)C.CC(C)N1CCCC(=O)C1(C)C.CC(C)N1CCCC(C)(C)C1.CC(C)N1CCCCC1(C)C.CC(C)N1CCC[C@@H](C)C1.CC(C)N1CCC[C@H](C)C1. The van der Waals surface area contributed by atoms with Crippen LogP contribution in [0.15, 0.2) is 0 Å². The van der Waals surface area contributed by atoms with Gasteiger partial charge in [0.2, 0.25) is 0 Å². The molecule has 0 saturated carbocycles. The second-order valence-corrected chi connectivity index (χ2v) is 26.0. The van der Waals surface area contributed by atoms with Gasteiger partial charge in [-0.3, -0.25) is 24.3 Å². The van der Waals surface area contributed by atoms with E-state index in [4.69, 9.17) is 0 Å². The number of likely N-dealkylation sites (tertiary alicyclic amines) is 6. The highest BCUT2D eigenvalue weighted by Gasteiger charge is 2.38. The summed E-state index contributed by atoms with van der Waals surface area (Å²) >= 11 is 0. The number of Topliss-reactive ketones (excluding diaryl/α,β-unsaturated/α-hetero) is 2. The first-order valence-corrected chi connectivity index (χ1v) is 27.9. The lowest BCUT2D eigenvalue weighted by atomic mass is 9.84. The lowest BCUT2D eigenvalue weighted by Gasteiger charge is -2.45. The molecule has 6 rings (SSSR count). The Morgan fingerprint density at radius 1 is 0.448 bits per heavy atom. The highest BCUT2D eigenvalue weighted by molar-refractivity contribution is 5.88. The fourth-order valence-electron chi connectivity index (χ4n) is 11.6. The van der Waals surface area contributed by atoms with E-state index in [1.54, 1.807) is 0 Å². The van der Waals surface area contributed by atoms with Crippen LogP contribution in [0.1, 0.15) is 243 Å². The van der Waals surface area contributed by atoms with Gasteiger partial charge in [-0.25, -0.2) is 0 Å². The van der Waals surface area contributed by atoms with Gasteiger partial charge in [0.1, 0.15) is 5.78 Å². The average molecular weight is 948 g/mol. The van der Waals surface area contributed by atoms with E-state index < -0.39 is 0 Å². The largest absolute Gasteiger partial charge is 0.301 e. The minimum absolute atomic E-state index is 0. The van der Waals surface area contributed by atoms with Crippen LogP contribution >= 0.6 is 0 Å². The number of hydrogen-bond acceptors (Lipinski definition) is 8. The zero-order valence-electron chi connectivity index (χ0n) is 48.7. The van der Waals surface area contributed by atoms with Crippen LogP contribution in [-0.2, 0) is 9.59 Å². The number of carbonyl (C=O) groups is 2. The fourth-order valence-corrected chi connectivity index (χ4v) is 11.6. The lowest BCUT2D eigenvalue weighted by molar-refractivity contribution is -0.134. The molecule has 8 heteroatoms. The molecule has 6 aliphatic rings. The third kappa shape index (κ3) is 24.4. The van der Waals surface area contributed by atoms with Crippen molar-refractivity contribution in [1.82, 2.24) is 29.4 Å². The summed E-state index contributed by atoms with van der Waals surface area (Å²) in [5.74, 6) is 2.64. The molecule has 0 unspecified atom stereocenters. The zero-order chi connectivity index (χ0) is 50.8. The van der Waals surface area contributed by atoms with Gasteiger partial charge in [-0.15, -0.1) is 0 Å². The zero-order valence-corrected chi connectivity index (χ0v) is 48.7. The Kier molecular flexibility index (Phi) is 30.4. The van der Waals surface area contributed by atoms with Gasteiger partial charge < -0.3 is 14.7 Å². The summed E-state index contributed by atoms with van der Waals surface area (Å²) in [5, 5.41) is 0. The number of hydrogen-bond donors (Lipinski definition) is 0. The Labute approximate surface area is 421 Å². The molecule has 6 heterocycles. The van der Waals surface area contributed by atoms with E-state index in [0.29, 0.717) is 47.2 Å². The molecule has 0 amide bonds. The minimum atomic E-state index is -0.230. The van der Waals surface area contributed by atoms with Gasteiger partial charge in [-0.05, 0) is 239 Å². The Hall–Kier alpha value is -0.900. The van der Waals surface area contributed by atoms with Crippen molar-refractivity contribution in [2.45, 2.75) is 296 Å². The molecule has 6 fully saturated rings. The molecule has 8 nitrogen and oxygen atoms in total. The number of ketones is 2. The predicted octanol–water partition coefficient (Wildman–Crippen LogP) is 13.7. The van der Waals surface area contributed by atoms with E-state index in [9.17, 15) is 9.59 Å². The van der Waals surface area contributed by atoms with E-state index >= 15 is 0 Å². The summed E-state index contributed by atoms with van der Waals surface area (Å²) in [5.41, 5.74) is 0.990. The first-order chi connectivity index (χ1) is 30.3. The van der Waals surface area contributed by atoms with Crippen molar-refractivity contribution >= 4 is 11.6 Å². The molecule has 67 heavy (non-hydrogen) atoms. The van der Waals surface area contributed by atoms with Crippen LogP contribution in [-0.4, -0.2) is 153 Å². The summed E-state index contributed by atoms with van der Waals surface area (Å²) in [6, 6.07) is 3.90. The van der Waals surface area contributed by atoms with Crippen molar-refractivity contribution in [2.75, 3.05) is 58.9 Å². The molecular formula is C59H122N6O2. The van der Waals surface area contributed by atoms with E-state index in [1.165, 1.54) is 104 Å². The van der Waals surface area contributed by atoms with Crippen LogP contribution in [0.4, 0.5) is 0 Å². The molecule has 0 aromatic carbocycles. The Morgan fingerprint density at radius 2 is 0.881 bits per heavy atom. The van der Waals surface area contributed by atoms with Gasteiger partial charge in [-0.1, -0.05) is 41.5 Å². The lowest BCUT2D eigenvalue weighted by Crippen LogP contribution is -2.56. The fraction of sp³-hybridized carbons (Fsp3) is 0.966. The maximum absolute atomic E-state index is 11.6. The van der Waals surface area contributed by atoms with Gasteiger partial charge in [0.15, 0.2) is 5.78 Å². The van der Waals surface area contributed by atoms with E-state index in [2.05, 4.69) is 168 Å². The molecule has 2 atom stereocenters. The van der Waals surface area contributed by atoms with E-state index in [1.807, 2.05) is 13.8 Å². The van der Waals surface area contributed by atoms with Crippen molar-refractivity contribution in [3.63, 3.8) is 0 Å². The number of piperidine rings is 6. The maximum atomic E-state index is 11.6. The van der Waals surface area contributed by atoms with Crippen LogP contribution in [0.5, 0.6) is 0 Å². The first-order valence-electron chi connectivity index (χ1n) is 27.9. The van der Waals surface area contributed by atoms with E-state index in [-0.39, 0.29) is 18.5 Å². The van der Waals surface area contributed by atoms with Crippen LogP contribution in [0.3, 0.4) is 0 Å². The number of rotatable bonds is 6. The van der Waals surface area contributed by atoms with Crippen molar-refractivity contribution in [3.8, 4) is 0 Å². The van der Waals surface area contributed by atoms with E-state index in [0.717, 1.165) is 62.2 Å². The molecule has 0 bridgehead atoms. The molecular weight excluding hydrogens is 825 g/mol. The normalized spacial score (nSPS) is 26.2. The Morgan fingerprint density at radius 3 is 1.21 bits per heavy atom. The second kappa shape index (κ2) is 30.9. The number of nitrogens with zero attached hydrogens (tertiary/aromatic N) is 6. The summed E-state index contributed by atoms with van der Waals surface area (Å²) in [6.07, 6.45) is 16.2. The van der Waals surface area contributed by atoms with Crippen LogP contribution in [0, 0.1) is 17.3 Å². The Bertz CT molecular complexity index is 1300. The number of carbonyl (C=O) groups excluding carboxylic acids is 2. The second-order valence-electron chi connectivity index (χ2n) is 26.0. The first kappa shape index (κ1) is 66.1. The maximum Gasteiger partial charge on any atom is 0.152 e. The quantitative estimate of drug-likeness (QED) is 0.261. The molecule has 400 valence electrons. The smallest absolute Gasteiger partial charge is 0.152 e. The Balaban J connectivity index is 0.000000779. The van der Waals surface area contributed by atoms with Crippen molar-refractivity contribution < 1.29 is 9.59 Å². The van der Waals surface area contributed by atoms with Gasteiger partial charge in [0.25, 0.3) is 0 Å². The molecule has 0 aromatic rings. The summed E-state index contributed by atoms with van der Waals surface area (Å²) in [4.78, 5) is 37.8. The topological polar surface area (TPSA) is 53.6 Å². The predicted molar refractivity (Wildman–Crippen MR) is 297 cm³/mol. The summed E-state index contributed by atoms with van der Waals surface area (Å²) in [7, 11) is 0.